The molecule has 0 saturated heterocycles. The van der Waals surface area contributed by atoms with Crippen LogP contribution in [0.25, 0.3) is 0 Å². The van der Waals surface area contributed by atoms with E-state index >= 15 is 0 Å². The fourth-order valence-corrected chi connectivity index (χ4v) is 1.20. The van der Waals surface area contributed by atoms with Crippen LogP contribution in [0.1, 0.15) is 40.2 Å². The summed E-state index contributed by atoms with van der Waals surface area (Å²) in [4.78, 5) is 15.8. The number of rotatable bonds is 2. The molecule has 0 aliphatic carbocycles. The Morgan fingerprint density at radius 3 is 2.06 bits per heavy atom. The standard InChI is InChI=1S/C13H19NO2/c1-12(2,3)11(15)16-13(4,5)10-6-8-14-9-7-10/h6-9H,1-5H3. The number of pyridine rings is 1. The van der Waals surface area contributed by atoms with Gasteiger partial charge in [-0.25, -0.2) is 0 Å². The first-order valence-corrected chi connectivity index (χ1v) is 5.37. The zero-order chi connectivity index (χ0) is 12.4. The molecule has 1 aromatic heterocycles. The van der Waals surface area contributed by atoms with Crippen LogP contribution in [0.15, 0.2) is 24.5 Å². The van der Waals surface area contributed by atoms with Gasteiger partial charge in [-0.3, -0.25) is 9.78 Å². The molecular weight excluding hydrogens is 202 g/mol. The first kappa shape index (κ1) is 12.7. The molecule has 0 N–H and O–H groups in total. The maximum absolute atomic E-state index is 11.8. The highest BCUT2D eigenvalue weighted by atomic mass is 16.6. The van der Waals surface area contributed by atoms with E-state index in [4.69, 9.17) is 4.74 Å². The van der Waals surface area contributed by atoms with E-state index in [2.05, 4.69) is 4.98 Å². The summed E-state index contributed by atoms with van der Waals surface area (Å²) in [5.74, 6) is -0.200. The Hall–Kier alpha value is -1.38. The molecule has 3 heteroatoms. The van der Waals surface area contributed by atoms with Gasteiger partial charge >= 0.3 is 5.97 Å². The van der Waals surface area contributed by atoms with Crippen LogP contribution >= 0.6 is 0 Å². The van der Waals surface area contributed by atoms with Crippen molar-refractivity contribution in [2.45, 2.75) is 40.2 Å². The van der Waals surface area contributed by atoms with E-state index in [9.17, 15) is 4.79 Å². The fraction of sp³-hybridized carbons (Fsp3) is 0.538. The van der Waals surface area contributed by atoms with Gasteiger partial charge in [-0.05, 0) is 52.3 Å². The number of hydrogen-bond acceptors (Lipinski definition) is 3. The topological polar surface area (TPSA) is 39.2 Å². The largest absolute Gasteiger partial charge is 0.454 e. The number of esters is 1. The lowest BCUT2D eigenvalue weighted by Gasteiger charge is -2.29. The number of ether oxygens (including phenoxy) is 1. The van der Waals surface area contributed by atoms with E-state index in [1.165, 1.54) is 0 Å². The van der Waals surface area contributed by atoms with Gasteiger partial charge in [-0.1, -0.05) is 0 Å². The molecule has 0 saturated carbocycles. The number of carbonyl (C=O) groups excluding carboxylic acids is 1. The van der Waals surface area contributed by atoms with Crippen molar-refractivity contribution in [1.29, 1.82) is 0 Å². The quantitative estimate of drug-likeness (QED) is 0.721. The van der Waals surface area contributed by atoms with Crippen LogP contribution in [0.2, 0.25) is 0 Å². The van der Waals surface area contributed by atoms with Crippen LogP contribution in [0.5, 0.6) is 0 Å². The second-order valence-corrected chi connectivity index (χ2v) is 5.39. The minimum absolute atomic E-state index is 0.200. The third-order valence-electron chi connectivity index (χ3n) is 2.34. The smallest absolute Gasteiger partial charge is 0.312 e. The van der Waals surface area contributed by atoms with Crippen LogP contribution in [0, 0.1) is 5.41 Å². The Bertz CT molecular complexity index is 363. The molecule has 1 rings (SSSR count). The van der Waals surface area contributed by atoms with Crippen LogP contribution < -0.4 is 0 Å². The lowest BCUT2D eigenvalue weighted by atomic mass is 9.95. The second-order valence-electron chi connectivity index (χ2n) is 5.39. The van der Waals surface area contributed by atoms with Crippen molar-refractivity contribution in [1.82, 2.24) is 4.98 Å². The minimum atomic E-state index is -0.618. The highest BCUT2D eigenvalue weighted by Gasteiger charge is 2.31. The lowest BCUT2D eigenvalue weighted by Crippen LogP contribution is -2.32. The van der Waals surface area contributed by atoms with Crippen molar-refractivity contribution in [3.8, 4) is 0 Å². The van der Waals surface area contributed by atoms with E-state index < -0.39 is 11.0 Å². The van der Waals surface area contributed by atoms with Crippen LogP contribution in [-0.2, 0) is 15.1 Å². The Morgan fingerprint density at radius 1 is 1.12 bits per heavy atom. The molecule has 16 heavy (non-hydrogen) atoms. The molecule has 0 aliphatic rings. The molecule has 3 nitrogen and oxygen atoms in total. The van der Waals surface area contributed by atoms with E-state index in [1.54, 1.807) is 12.4 Å². The molecule has 0 atom stereocenters. The summed E-state index contributed by atoms with van der Waals surface area (Å²) >= 11 is 0. The minimum Gasteiger partial charge on any atom is -0.454 e. The van der Waals surface area contributed by atoms with Crippen molar-refractivity contribution in [3.05, 3.63) is 30.1 Å². The van der Waals surface area contributed by atoms with E-state index in [0.717, 1.165) is 5.56 Å². The van der Waals surface area contributed by atoms with Gasteiger partial charge in [-0.15, -0.1) is 0 Å². The number of aromatic nitrogens is 1. The van der Waals surface area contributed by atoms with E-state index in [1.807, 2.05) is 46.8 Å². The Labute approximate surface area is 96.8 Å². The van der Waals surface area contributed by atoms with Gasteiger partial charge in [0.2, 0.25) is 0 Å². The lowest BCUT2D eigenvalue weighted by molar-refractivity contribution is -0.167. The molecule has 0 aliphatic heterocycles. The Morgan fingerprint density at radius 2 is 1.62 bits per heavy atom. The molecule has 1 heterocycles. The van der Waals surface area contributed by atoms with Crippen molar-refractivity contribution in [2.24, 2.45) is 5.41 Å². The summed E-state index contributed by atoms with van der Waals surface area (Å²) in [5, 5.41) is 0. The van der Waals surface area contributed by atoms with Crippen molar-refractivity contribution in [3.63, 3.8) is 0 Å². The van der Waals surface area contributed by atoms with Gasteiger partial charge in [0.25, 0.3) is 0 Å². The predicted octanol–water partition coefficient (Wildman–Crippen LogP) is 2.91. The predicted molar refractivity (Wildman–Crippen MR) is 62.8 cm³/mol. The van der Waals surface area contributed by atoms with Gasteiger partial charge in [0.1, 0.15) is 5.60 Å². The number of hydrogen-bond donors (Lipinski definition) is 0. The first-order valence-electron chi connectivity index (χ1n) is 5.37. The molecule has 0 aromatic carbocycles. The van der Waals surface area contributed by atoms with E-state index in [-0.39, 0.29) is 5.97 Å². The van der Waals surface area contributed by atoms with Crippen molar-refractivity contribution >= 4 is 5.97 Å². The summed E-state index contributed by atoms with van der Waals surface area (Å²) < 4.78 is 5.52. The third-order valence-corrected chi connectivity index (χ3v) is 2.34. The summed E-state index contributed by atoms with van der Waals surface area (Å²) in [6.45, 7) is 9.30. The van der Waals surface area contributed by atoms with Crippen molar-refractivity contribution < 1.29 is 9.53 Å². The molecule has 0 bridgehead atoms. The molecule has 1 aromatic rings. The molecule has 0 fully saturated rings. The number of carbonyl (C=O) groups is 1. The molecule has 0 unspecified atom stereocenters. The maximum atomic E-state index is 11.8. The second kappa shape index (κ2) is 4.24. The van der Waals surface area contributed by atoms with E-state index in [0.29, 0.717) is 0 Å². The van der Waals surface area contributed by atoms with Crippen LogP contribution in [0.3, 0.4) is 0 Å². The monoisotopic (exact) mass is 221 g/mol. The summed E-state index contributed by atoms with van der Waals surface area (Å²) in [5.41, 5.74) is -0.155. The third kappa shape index (κ3) is 3.05. The Kier molecular flexibility index (Phi) is 3.36. The zero-order valence-corrected chi connectivity index (χ0v) is 10.6. The average Bonchev–Trinajstić information content (AvgIpc) is 2.17. The molecule has 0 amide bonds. The maximum Gasteiger partial charge on any atom is 0.312 e. The molecule has 0 radical (unpaired) electrons. The first-order chi connectivity index (χ1) is 7.23. The van der Waals surface area contributed by atoms with Gasteiger partial charge in [0.15, 0.2) is 0 Å². The molecular formula is C13H19NO2. The normalized spacial score (nSPS) is 12.3. The summed E-state index contributed by atoms with van der Waals surface area (Å²) in [7, 11) is 0. The van der Waals surface area contributed by atoms with Gasteiger partial charge < -0.3 is 4.74 Å². The zero-order valence-electron chi connectivity index (χ0n) is 10.6. The van der Waals surface area contributed by atoms with Gasteiger partial charge in [-0.2, -0.15) is 0 Å². The summed E-state index contributed by atoms with van der Waals surface area (Å²) in [6, 6.07) is 3.71. The van der Waals surface area contributed by atoms with Gasteiger partial charge in [0, 0.05) is 12.4 Å². The number of nitrogens with zero attached hydrogens (tertiary/aromatic N) is 1. The average molecular weight is 221 g/mol. The van der Waals surface area contributed by atoms with Gasteiger partial charge in [0.05, 0.1) is 5.41 Å². The fourth-order valence-electron chi connectivity index (χ4n) is 1.20. The van der Waals surface area contributed by atoms with Crippen LogP contribution in [-0.4, -0.2) is 11.0 Å². The Balaban J connectivity index is 2.85. The highest BCUT2D eigenvalue weighted by Crippen LogP contribution is 2.28. The summed E-state index contributed by atoms with van der Waals surface area (Å²) in [6.07, 6.45) is 3.39. The molecule has 88 valence electrons. The van der Waals surface area contributed by atoms with Crippen molar-refractivity contribution in [2.75, 3.05) is 0 Å². The highest BCUT2D eigenvalue weighted by molar-refractivity contribution is 5.75. The SMILES string of the molecule is CC(C)(C)C(=O)OC(C)(C)c1ccncc1. The molecule has 0 spiro atoms. The van der Waals surface area contributed by atoms with Crippen LogP contribution in [0.4, 0.5) is 0 Å².